The molecule has 0 radical (unpaired) electrons. The Kier molecular flexibility index (Phi) is 4.81. The first-order chi connectivity index (χ1) is 12.6. The molecule has 0 fully saturated rings. The molecule has 2 heterocycles. The van der Waals surface area contributed by atoms with E-state index in [0.29, 0.717) is 6.54 Å². The zero-order valence-corrected chi connectivity index (χ0v) is 15.8. The Morgan fingerprint density at radius 2 is 2.00 bits per heavy atom. The van der Waals surface area contributed by atoms with Gasteiger partial charge in [-0.1, -0.05) is 24.3 Å². The van der Waals surface area contributed by atoms with Gasteiger partial charge in [0.25, 0.3) is 0 Å². The number of aromatic nitrogens is 2. The second-order valence-electron chi connectivity index (χ2n) is 7.69. The molecule has 0 unspecified atom stereocenters. The van der Waals surface area contributed by atoms with Crippen molar-refractivity contribution in [1.82, 2.24) is 20.0 Å². The molecule has 5 nitrogen and oxygen atoms in total. The fraction of sp³-hybridized carbons (Fsp3) is 0.524. The Bertz CT molecular complexity index is 797. The maximum Gasteiger partial charge on any atom is 0.239 e. The van der Waals surface area contributed by atoms with E-state index in [2.05, 4.69) is 39.4 Å². The van der Waals surface area contributed by atoms with Crippen LogP contribution in [-0.4, -0.2) is 45.5 Å². The first-order valence-corrected chi connectivity index (χ1v) is 9.74. The topological polar surface area (TPSA) is 52.2 Å². The molecule has 5 heteroatoms. The zero-order valence-electron chi connectivity index (χ0n) is 15.8. The van der Waals surface area contributed by atoms with Gasteiger partial charge in [0.05, 0.1) is 18.3 Å². The van der Waals surface area contributed by atoms with E-state index in [4.69, 9.17) is 0 Å². The van der Waals surface area contributed by atoms with Gasteiger partial charge in [-0.3, -0.25) is 14.8 Å². The maximum absolute atomic E-state index is 13.0. The highest BCUT2D eigenvalue weighted by atomic mass is 16.2. The third-order valence-electron chi connectivity index (χ3n) is 5.97. The van der Waals surface area contributed by atoms with Crippen LogP contribution in [0, 0.1) is 0 Å². The van der Waals surface area contributed by atoms with Crippen LogP contribution in [-0.2, 0) is 37.1 Å². The van der Waals surface area contributed by atoms with Gasteiger partial charge in [0.2, 0.25) is 5.91 Å². The van der Waals surface area contributed by atoms with Crippen molar-refractivity contribution in [1.29, 1.82) is 0 Å². The molecule has 1 aromatic carbocycles. The summed E-state index contributed by atoms with van der Waals surface area (Å²) < 4.78 is 0. The molecule has 1 aromatic heterocycles. The van der Waals surface area contributed by atoms with Gasteiger partial charge < -0.3 is 4.90 Å². The Morgan fingerprint density at radius 3 is 2.85 bits per heavy atom. The number of carbonyl (C=O) groups is 1. The molecule has 4 rings (SSSR count). The minimum atomic E-state index is -0.108. The van der Waals surface area contributed by atoms with Crippen molar-refractivity contribution < 1.29 is 4.79 Å². The maximum atomic E-state index is 13.0. The van der Waals surface area contributed by atoms with Crippen molar-refractivity contribution >= 4 is 5.91 Å². The van der Waals surface area contributed by atoms with Crippen LogP contribution in [0.15, 0.2) is 24.3 Å². The number of nitrogens with zero attached hydrogens (tertiary/aromatic N) is 3. The van der Waals surface area contributed by atoms with Crippen LogP contribution in [0.3, 0.4) is 0 Å². The highest BCUT2D eigenvalue weighted by Gasteiger charge is 2.28. The van der Waals surface area contributed by atoms with Gasteiger partial charge in [0, 0.05) is 25.8 Å². The quantitative estimate of drug-likeness (QED) is 0.920. The molecule has 0 bridgehead atoms. The number of benzene rings is 1. The van der Waals surface area contributed by atoms with E-state index in [0.717, 1.165) is 38.0 Å². The highest BCUT2D eigenvalue weighted by molar-refractivity contribution is 5.81. The van der Waals surface area contributed by atoms with E-state index in [1.54, 1.807) is 0 Å². The molecule has 1 amide bonds. The fourth-order valence-corrected chi connectivity index (χ4v) is 4.31. The summed E-state index contributed by atoms with van der Waals surface area (Å²) in [5, 5.41) is 7.67. The van der Waals surface area contributed by atoms with E-state index in [1.165, 1.54) is 35.2 Å². The highest BCUT2D eigenvalue weighted by Crippen LogP contribution is 2.24. The van der Waals surface area contributed by atoms with E-state index in [1.807, 2.05) is 18.9 Å². The minimum Gasteiger partial charge on any atom is -0.338 e. The third kappa shape index (κ3) is 3.28. The summed E-state index contributed by atoms with van der Waals surface area (Å²) in [4.78, 5) is 17.1. The molecule has 26 heavy (non-hydrogen) atoms. The molecular formula is C21H28N4O. The summed E-state index contributed by atoms with van der Waals surface area (Å²) in [5.74, 6) is 0.178. The number of aryl methyl sites for hydroxylation is 1. The summed E-state index contributed by atoms with van der Waals surface area (Å²) in [7, 11) is 1.90. The Morgan fingerprint density at radius 1 is 1.23 bits per heavy atom. The molecule has 138 valence electrons. The number of hydrogen-bond acceptors (Lipinski definition) is 3. The average molecular weight is 352 g/mol. The zero-order chi connectivity index (χ0) is 18.1. The van der Waals surface area contributed by atoms with Crippen LogP contribution in [0.25, 0.3) is 0 Å². The van der Waals surface area contributed by atoms with Crippen molar-refractivity contribution in [3.63, 3.8) is 0 Å². The third-order valence-corrected chi connectivity index (χ3v) is 5.97. The molecule has 1 atom stereocenters. The van der Waals surface area contributed by atoms with Crippen LogP contribution in [0.4, 0.5) is 0 Å². The lowest BCUT2D eigenvalue weighted by atomic mass is 9.96. The van der Waals surface area contributed by atoms with Gasteiger partial charge in [0.1, 0.15) is 0 Å². The van der Waals surface area contributed by atoms with Crippen molar-refractivity contribution in [2.75, 3.05) is 13.6 Å². The lowest BCUT2D eigenvalue weighted by molar-refractivity contribution is -0.136. The molecule has 2 aliphatic rings. The van der Waals surface area contributed by atoms with Gasteiger partial charge in [-0.15, -0.1) is 0 Å². The largest absolute Gasteiger partial charge is 0.338 e. The van der Waals surface area contributed by atoms with Gasteiger partial charge >= 0.3 is 0 Å². The number of H-pyrrole nitrogens is 1. The van der Waals surface area contributed by atoms with Crippen LogP contribution in [0.5, 0.6) is 0 Å². The smallest absolute Gasteiger partial charge is 0.239 e. The average Bonchev–Trinajstić information content (AvgIpc) is 3.09. The Balaban J connectivity index is 1.41. The number of amides is 1. The Hall–Kier alpha value is -2.14. The number of fused-ring (bicyclic) bond motifs is 2. The van der Waals surface area contributed by atoms with Crippen LogP contribution in [0.1, 0.15) is 47.8 Å². The first kappa shape index (κ1) is 17.3. The lowest BCUT2D eigenvalue weighted by Crippen LogP contribution is -2.47. The SMILES string of the molecule is C[C@H](C(=O)N(C)Cc1n[nH]c2c1CCCC2)N1CCc2ccccc2C1. The number of aromatic amines is 1. The van der Waals surface area contributed by atoms with Crippen LogP contribution < -0.4 is 0 Å². The van der Waals surface area contributed by atoms with Crippen LogP contribution >= 0.6 is 0 Å². The van der Waals surface area contributed by atoms with Gasteiger partial charge in [-0.25, -0.2) is 0 Å². The van der Waals surface area contributed by atoms with Crippen molar-refractivity contribution in [3.8, 4) is 0 Å². The summed E-state index contributed by atoms with van der Waals surface area (Å²) >= 11 is 0. The van der Waals surface area contributed by atoms with Crippen molar-refractivity contribution in [2.45, 2.75) is 58.2 Å². The van der Waals surface area contributed by atoms with Gasteiger partial charge in [0.15, 0.2) is 0 Å². The summed E-state index contributed by atoms with van der Waals surface area (Å²) in [6.45, 7) is 4.43. The molecule has 1 aliphatic heterocycles. The summed E-state index contributed by atoms with van der Waals surface area (Å²) in [6.07, 6.45) is 5.65. The van der Waals surface area contributed by atoms with E-state index < -0.39 is 0 Å². The lowest BCUT2D eigenvalue weighted by Gasteiger charge is -2.34. The second-order valence-corrected chi connectivity index (χ2v) is 7.69. The summed E-state index contributed by atoms with van der Waals surface area (Å²) in [6, 6.07) is 8.45. The van der Waals surface area contributed by atoms with E-state index >= 15 is 0 Å². The second kappa shape index (κ2) is 7.23. The van der Waals surface area contributed by atoms with E-state index in [9.17, 15) is 4.79 Å². The minimum absolute atomic E-state index is 0.108. The Labute approximate surface area is 155 Å². The van der Waals surface area contributed by atoms with Gasteiger partial charge in [-0.2, -0.15) is 5.10 Å². The number of carbonyl (C=O) groups excluding carboxylic acids is 1. The number of nitrogens with one attached hydrogen (secondary N) is 1. The first-order valence-electron chi connectivity index (χ1n) is 9.74. The monoisotopic (exact) mass is 352 g/mol. The van der Waals surface area contributed by atoms with E-state index in [-0.39, 0.29) is 11.9 Å². The molecule has 0 saturated heterocycles. The number of rotatable bonds is 4. The van der Waals surface area contributed by atoms with Gasteiger partial charge in [-0.05, 0) is 55.7 Å². The molecule has 1 aliphatic carbocycles. The predicted molar refractivity (Wildman–Crippen MR) is 102 cm³/mol. The molecule has 2 aromatic rings. The van der Waals surface area contributed by atoms with Crippen molar-refractivity contribution in [2.24, 2.45) is 0 Å². The standard InChI is InChI=1S/C21H28N4O/c1-15(25-12-11-16-7-3-4-8-17(16)13-25)21(26)24(2)14-20-18-9-5-6-10-19(18)22-23-20/h3-4,7-8,15H,5-6,9-14H2,1-2H3,(H,22,23)/t15-/m1/s1. The molecule has 0 spiro atoms. The fourth-order valence-electron chi connectivity index (χ4n) is 4.31. The number of likely N-dealkylation sites (N-methyl/N-ethyl adjacent to an activating group) is 1. The number of hydrogen-bond donors (Lipinski definition) is 1. The summed E-state index contributed by atoms with van der Waals surface area (Å²) in [5.41, 5.74) is 6.43. The van der Waals surface area contributed by atoms with Crippen molar-refractivity contribution in [3.05, 3.63) is 52.3 Å². The molecular weight excluding hydrogens is 324 g/mol. The molecule has 0 saturated carbocycles. The van der Waals surface area contributed by atoms with Crippen LogP contribution in [0.2, 0.25) is 0 Å². The normalized spacial score (nSPS) is 18.1. The predicted octanol–water partition coefficient (Wildman–Crippen LogP) is 2.69. The molecule has 1 N–H and O–H groups in total.